The van der Waals surface area contributed by atoms with E-state index < -0.39 is 0 Å². The molecular weight excluding hydrogens is 224 g/mol. The average Bonchev–Trinajstić information content (AvgIpc) is 2.38. The Morgan fingerprint density at radius 3 is 2.22 bits per heavy atom. The third kappa shape index (κ3) is 3.99. The summed E-state index contributed by atoms with van der Waals surface area (Å²) >= 11 is 0. The van der Waals surface area contributed by atoms with E-state index in [9.17, 15) is 4.79 Å². The molecule has 0 heterocycles. The maximum atomic E-state index is 11.8. The highest BCUT2D eigenvalue weighted by molar-refractivity contribution is 5.95. The van der Waals surface area contributed by atoms with Gasteiger partial charge in [0.25, 0.3) is 5.91 Å². The van der Waals surface area contributed by atoms with Gasteiger partial charge in [-0.25, -0.2) is 5.43 Å². The number of hydrazone groups is 1. The van der Waals surface area contributed by atoms with Crippen LogP contribution in [0.2, 0.25) is 0 Å². The number of hydrogen-bond donors (Lipinski definition) is 1. The molecule has 0 unspecified atom stereocenters. The second kappa shape index (κ2) is 6.94. The minimum absolute atomic E-state index is 0.120. The van der Waals surface area contributed by atoms with Gasteiger partial charge in [-0.15, -0.1) is 0 Å². The van der Waals surface area contributed by atoms with Crippen LogP contribution in [0.15, 0.2) is 35.4 Å². The fraction of sp³-hybridized carbons (Fsp3) is 0.467. The Labute approximate surface area is 108 Å². The minimum Gasteiger partial charge on any atom is -0.267 e. The molecule has 0 aliphatic heterocycles. The number of hydrogen-bond acceptors (Lipinski definition) is 2. The summed E-state index contributed by atoms with van der Waals surface area (Å²) in [5, 5.41) is 4.28. The number of rotatable bonds is 2. The lowest BCUT2D eigenvalue weighted by Gasteiger charge is -2.10. The molecule has 96 valence electrons. The Morgan fingerprint density at radius 2 is 1.56 bits per heavy atom. The zero-order valence-electron chi connectivity index (χ0n) is 10.7. The molecule has 1 aliphatic carbocycles. The third-order valence-electron chi connectivity index (χ3n) is 3.28. The molecule has 18 heavy (non-hydrogen) atoms. The molecule has 1 amide bonds. The zero-order valence-corrected chi connectivity index (χ0v) is 10.7. The van der Waals surface area contributed by atoms with Crippen LogP contribution in [0, 0.1) is 0 Å². The summed E-state index contributed by atoms with van der Waals surface area (Å²) in [7, 11) is 0. The highest BCUT2D eigenvalue weighted by atomic mass is 16.2. The smallest absolute Gasteiger partial charge is 0.267 e. The summed E-state index contributed by atoms with van der Waals surface area (Å²) in [6, 6.07) is 9.22. The number of amides is 1. The lowest BCUT2D eigenvalue weighted by atomic mass is 9.99. The highest BCUT2D eigenvalue weighted by Crippen LogP contribution is 2.14. The van der Waals surface area contributed by atoms with Gasteiger partial charge >= 0.3 is 0 Å². The molecule has 3 nitrogen and oxygen atoms in total. The molecule has 1 fully saturated rings. The van der Waals surface area contributed by atoms with Crippen molar-refractivity contribution in [3.63, 3.8) is 0 Å². The molecule has 0 saturated heterocycles. The molecule has 0 aromatic heterocycles. The first-order valence-corrected chi connectivity index (χ1v) is 6.77. The molecule has 3 heteroatoms. The van der Waals surface area contributed by atoms with E-state index in [0.717, 1.165) is 18.6 Å². The summed E-state index contributed by atoms with van der Waals surface area (Å²) < 4.78 is 0. The van der Waals surface area contributed by atoms with E-state index in [1.54, 1.807) is 12.1 Å². The van der Waals surface area contributed by atoms with Crippen LogP contribution in [0.4, 0.5) is 0 Å². The van der Waals surface area contributed by atoms with E-state index in [1.165, 1.54) is 32.1 Å². The van der Waals surface area contributed by atoms with Crippen molar-refractivity contribution < 1.29 is 4.79 Å². The molecule has 1 aliphatic rings. The van der Waals surface area contributed by atoms with Gasteiger partial charge in [-0.3, -0.25) is 4.79 Å². The summed E-state index contributed by atoms with van der Waals surface area (Å²) in [4.78, 5) is 11.8. The molecule has 1 N–H and O–H groups in total. The van der Waals surface area contributed by atoms with Crippen LogP contribution in [0.3, 0.4) is 0 Å². The molecule has 0 atom stereocenters. The van der Waals surface area contributed by atoms with E-state index in [2.05, 4.69) is 10.5 Å². The summed E-state index contributed by atoms with van der Waals surface area (Å²) in [5.41, 5.74) is 4.46. The highest BCUT2D eigenvalue weighted by Gasteiger charge is 2.07. The first-order valence-electron chi connectivity index (χ1n) is 6.77. The average molecular weight is 244 g/mol. The molecule has 2 rings (SSSR count). The predicted octanol–water partition coefficient (Wildman–Crippen LogP) is 3.52. The molecule has 1 saturated carbocycles. The monoisotopic (exact) mass is 244 g/mol. The first kappa shape index (κ1) is 12.8. The van der Waals surface area contributed by atoms with E-state index in [1.807, 2.05) is 18.2 Å². The van der Waals surface area contributed by atoms with Gasteiger partial charge < -0.3 is 0 Å². The van der Waals surface area contributed by atoms with Gasteiger partial charge in [-0.2, -0.15) is 5.10 Å². The van der Waals surface area contributed by atoms with E-state index in [4.69, 9.17) is 0 Å². The van der Waals surface area contributed by atoms with Crippen LogP contribution in [-0.2, 0) is 0 Å². The van der Waals surface area contributed by atoms with Crippen LogP contribution < -0.4 is 5.43 Å². The number of nitrogens with one attached hydrogen (secondary N) is 1. The Hall–Kier alpha value is -1.64. The van der Waals surface area contributed by atoms with Crippen molar-refractivity contribution in [2.24, 2.45) is 5.10 Å². The van der Waals surface area contributed by atoms with Crippen molar-refractivity contribution in [3.8, 4) is 0 Å². The fourth-order valence-corrected chi connectivity index (χ4v) is 2.21. The van der Waals surface area contributed by atoms with Crippen molar-refractivity contribution in [2.45, 2.75) is 44.9 Å². The van der Waals surface area contributed by atoms with Crippen molar-refractivity contribution in [2.75, 3.05) is 0 Å². The number of carbonyl (C=O) groups is 1. The molecule has 0 spiro atoms. The normalized spacial score (nSPS) is 16.6. The minimum atomic E-state index is -0.120. The Balaban J connectivity index is 1.90. The molecule has 1 aromatic rings. The molecule has 0 radical (unpaired) electrons. The summed E-state index contributed by atoms with van der Waals surface area (Å²) in [5.74, 6) is -0.120. The Morgan fingerprint density at radius 1 is 0.944 bits per heavy atom. The van der Waals surface area contributed by atoms with Gasteiger partial charge in [0.05, 0.1) is 0 Å². The number of benzene rings is 1. The maximum Gasteiger partial charge on any atom is 0.271 e. The van der Waals surface area contributed by atoms with Crippen LogP contribution in [0.5, 0.6) is 0 Å². The molecule has 1 aromatic carbocycles. The molecule has 0 bridgehead atoms. The number of nitrogens with zero attached hydrogens (tertiary/aromatic N) is 1. The van der Waals surface area contributed by atoms with Crippen molar-refractivity contribution in [1.82, 2.24) is 5.43 Å². The van der Waals surface area contributed by atoms with Gasteiger partial charge in [0.1, 0.15) is 0 Å². The predicted molar refractivity (Wildman–Crippen MR) is 73.7 cm³/mol. The lowest BCUT2D eigenvalue weighted by molar-refractivity contribution is 0.0954. The standard InChI is InChI=1S/C15H20N2O/c18-15(13-9-5-4-6-10-13)17-16-14-11-7-2-1-3-8-12-14/h4-6,9-10H,1-3,7-8,11-12H2,(H,17,18). The van der Waals surface area contributed by atoms with E-state index in [0.29, 0.717) is 5.56 Å². The van der Waals surface area contributed by atoms with Crippen LogP contribution in [-0.4, -0.2) is 11.6 Å². The van der Waals surface area contributed by atoms with Gasteiger partial charge in [-0.05, 0) is 37.8 Å². The Kier molecular flexibility index (Phi) is 4.94. The van der Waals surface area contributed by atoms with Gasteiger partial charge in [0.15, 0.2) is 0 Å². The van der Waals surface area contributed by atoms with E-state index >= 15 is 0 Å². The van der Waals surface area contributed by atoms with Crippen LogP contribution in [0.25, 0.3) is 0 Å². The van der Waals surface area contributed by atoms with E-state index in [-0.39, 0.29) is 5.91 Å². The second-order valence-electron chi connectivity index (χ2n) is 4.75. The molecular formula is C15H20N2O. The second-order valence-corrected chi connectivity index (χ2v) is 4.75. The van der Waals surface area contributed by atoms with Crippen LogP contribution >= 0.6 is 0 Å². The fourth-order valence-electron chi connectivity index (χ4n) is 2.21. The summed E-state index contributed by atoms with van der Waals surface area (Å²) in [6.45, 7) is 0. The summed E-state index contributed by atoms with van der Waals surface area (Å²) in [6.07, 6.45) is 8.34. The first-order chi connectivity index (χ1) is 8.86. The van der Waals surface area contributed by atoms with Crippen molar-refractivity contribution in [3.05, 3.63) is 35.9 Å². The third-order valence-corrected chi connectivity index (χ3v) is 3.28. The number of carbonyl (C=O) groups excluding carboxylic acids is 1. The van der Waals surface area contributed by atoms with Gasteiger partial charge in [-0.1, -0.05) is 37.5 Å². The van der Waals surface area contributed by atoms with Crippen LogP contribution in [0.1, 0.15) is 55.3 Å². The largest absolute Gasteiger partial charge is 0.271 e. The quantitative estimate of drug-likeness (QED) is 0.795. The SMILES string of the molecule is O=C(NN=C1CCCCCCC1)c1ccccc1. The zero-order chi connectivity index (χ0) is 12.6. The Bertz CT molecular complexity index is 402. The van der Waals surface area contributed by atoms with Crippen molar-refractivity contribution >= 4 is 11.6 Å². The topological polar surface area (TPSA) is 41.5 Å². The van der Waals surface area contributed by atoms with Gasteiger partial charge in [0, 0.05) is 11.3 Å². The van der Waals surface area contributed by atoms with Crippen molar-refractivity contribution in [1.29, 1.82) is 0 Å². The lowest BCUT2D eigenvalue weighted by Crippen LogP contribution is -2.20. The van der Waals surface area contributed by atoms with Gasteiger partial charge in [0.2, 0.25) is 0 Å². The maximum absolute atomic E-state index is 11.8.